The summed E-state index contributed by atoms with van der Waals surface area (Å²) in [7, 11) is 0. The van der Waals surface area contributed by atoms with Crippen LogP contribution in [0.25, 0.3) is 0 Å². The smallest absolute Gasteiger partial charge is 0.414 e. The van der Waals surface area contributed by atoms with Crippen molar-refractivity contribution in [3.8, 4) is 0 Å². The lowest BCUT2D eigenvalue weighted by Crippen LogP contribution is -2.49. The molecule has 1 aliphatic rings. The Morgan fingerprint density at radius 1 is 1.43 bits per heavy atom. The molecule has 7 nitrogen and oxygen atoms in total. The van der Waals surface area contributed by atoms with Gasteiger partial charge in [-0.05, 0) is 12.5 Å². The van der Waals surface area contributed by atoms with Gasteiger partial charge in [0, 0.05) is 6.42 Å². The zero-order valence-electron chi connectivity index (χ0n) is 10.8. The molecule has 1 rings (SSSR count). The zero-order valence-corrected chi connectivity index (χ0v) is 10.8. The molecular weight excluding hydrogens is 295 g/mol. The summed E-state index contributed by atoms with van der Waals surface area (Å²) in [5.41, 5.74) is 9.22. The molecule has 0 spiro atoms. The molecule has 0 aromatic heterocycles. The fraction of sp³-hybridized carbons (Fsp3) is 0.545. The maximum absolute atomic E-state index is 12.6. The number of aliphatic carboxylic acids is 1. The SMILES string of the molecule is NC(=O)CC[C@H](N)C(=O)N1CC(C(F)(F)F)=CC1C(=O)O. The van der Waals surface area contributed by atoms with Gasteiger partial charge in [-0.25, -0.2) is 4.79 Å². The van der Waals surface area contributed by atoms with Gasteiger partial charge in [0.05, 0.1) is 18.2 Å². The summed E-state index contributed by atoms with van der Waals surface area (Å²) in [6, 6.07) is -3.02. The van der Waals surface area contributed by atoms with E-state index in [4.69, 9.17) is 16.6 Å². The van der Waals surface area contributed by atoms with Gasteiger partial charge < -0.3 is 21.5 Å². The minimum absolute atomic E-state index is 0.168. The largest absolute Gasteiger partial charge is 0.479 e. The van der Waals surface area contributed by atoms with Crippen molar-refractivity contribution in [2.24, 2.45) is 11.5 Å². The summed E-state index contributed by atoms with van der Waals surface area (Å²) in [6.45, 7) is -0.885. The summed E-state index contributed by atoms with van der Waals surface area (Å²) in [4.78, 5) is 34.0. The number of halogens is 3. The van der Waals surface area contributed by atoms with E-state index < -0.39 is 48.2 Å². The molecule has 0 aromatic rings. The number of nitrogens with two attached hydrogens (primary N) is 2. The molecule has 10 heteroatoms. The lowest BCUT2D eigenvalue weighted by atomic mass is 10.1. The number of alkyl halides is 3. The van der Waals surface area contributed by atoms with E-state index in [0.29, 0.717) is 11.0 Å². The summed E-state index contributed by atoms with van der Waals surface area (Å²) < 4.78 is 37.8. The molecule has 0 bridgehead atoms. The van der Waals surface area contributed by atoms with E-state index in [-0.39, 0.29) is 12.8 Å². The monoisotopic (exact) mass is 309 g/mol. The minimum atomic E-state index is -4.72. The van der Waals surface area contributed by atoms with Crippen molar-refractivity contribution in [3.05, 3.63) is 11.6 Å². The van der Waals surface area contributed by atoms with E-state index in [1.165, 1.54) is 0 Å². The number of amides is 2. The van der Waals surface area contributed by atoms with Crippen LogP contribution < -0.4 is 11.5 Å². The standard InChI is InChI=1S/C11H14F3N3O4/c12-11(13,14)5-3-7(10(20)21)17(4-5)9(19)6(15)1-2-8(16)18/h3,6-7H,1-2,4,15H2,(H2,16,18)(H,20,21)/t6-,7?/m0/s1. The molecule has 0 saturated carbocycles. The van der Waals surface area contributed by atoms with Crippen molar-refractivity contribution >= 4 is 17.8 Å². The molecule has 1 aliphatic heterocycles. The van der Waals surface area contributed by atoms with E-state index in [1.54, 1.807) is 0 Å². The highest BCUT2D eigenvalue weighted by molar-refractivity contribution is 5.89. The fourth-order valence-electron chi connectivity index (χ4n) is 1.85. The van der Waals surface area contributed by atoms with E-state index in [0.717, 1.165) is 0 Å². The summed E-state index contributed by atoms with van der Waals surface area (Å²) in [5.74, 6) is -3.28. The fourth-order valence-corrected chi connectivity index (χ4v) is 1.85. The average molecular weight is 309 g/mol. The molecule has 5 N–H and O–H groups in total. The Morgan fingerprint density at radius 2 is 2.00 bits per heavy atom. The Bertz CT molecular complexity index is 490. The topological polar surface area (TPSA) is 127 Å². The maximum atomic E-state index is 12.6. The number of nitrogens with zero attached hydrogens (tertiary/aromatic N) is 1. The molecule has 21 heavy (non-hydrogen) atoms. The Kier molecular flexibility index (Phi) is 4.94. The Morgan fingerprint density at radius 3 is 2.43 bits per heavy atom. The van der Waals surface area contributed by atoms with Crippen molar-refractivity contribution in [1.82, 2.24) is 4.90 Å². The van der Waals surface area contributed by atoms with Gasteiger partial charge in [0.25, 0.3) is 0 Å². The van der Waals surface area contributed by atoms with Gasteiger partial charge in [0.2, 0.25) is 11.8 Å². The third-order valence-electron chi connectivity index (χ3n) is 2.95. The number of hydrogen-bond donors (Lipinski definition) is 3. The van der Waals surface area contributed by atoms with Crippen molar-refractivity contribution in [2.75, 3.05) is 6.54 Å². The molecule has 0 aliphatic carbocycles. The van der Waals surface area contributed by atoms with E-state index in [1.807, 2.05) is 0 Å². The third-order valence-corrected chi connectivity index (χ3v) is 2.95. The molecule has 1 heterocycles. The molecule has 0 radical (unpaired) electrons. The van der Waals surface area contributed by atoms with Crippen LogP contribution in [0.2, 0.25) is 0 Å². The predicted molar refractivity (Wildman–Crippen MR) is 63.7 cm³/mol. The van der Waals surface area contributed by atoms with Crippen LogP contribution in [0.15, 0.2) is 11.6 Å². The highest BCUT2D eigenvalue weighted by atomic mass is 19.4. The summed E-state index contributed by atoms with van der Waals surface area (Å²) in [6.07, 6.45) is -4.64. The van der Waals surface area contributed by atoms with Crippen LogP contribution in [-0.4, -0.2) is 52.6 Å². The number of hydrogen-bond acceptors (Lipinski definition) is 4. The molecule has 0 aromatic carbocycles. The summed E-state index contributed by atoms with van der Waals surface area (Å²) in [5, 5.41) is 8.90. The number of carboxylic acids is 1. The molecular formula is C11H14F3N3O4. The first kappa shape index (κ1) is 17.0. The maximum Gasteiger partial charge on any atom is 0.414 e. The highest BCUT2D eigenvalue weighted by Gasteiger charge is 2.44. The first-order valence-corrected chi connectivity index (χ1v) is 5.89. The number of carboxylic acid groups (broad SMARTS) is 1. The van der Waals surface area contributed by atoms with Gasteiger partial charge in [-0.15, -0.1) is 0 Å². The van der Waals surface area contributed by atoms with Crippen LogP contribution in [0.5, 0.6) is 0 Å². The van der Waals surface area contributed by atoms with Crippen molar-refractivity contribution in [2.45, 2.75) is 31.1 Å². The molecule has 118 valence electrons. The van der Waals surface area contributed by atoms with Gasteiger partial charge in [-0.2, -0.15) is 13.2 Å². The van der Waals surface area contributed by atoms with Gasteiger partial charge in [0.15, 0.2) is 0 Å². The second-order valence-corrected chi connectivity index (χ2v) is 4.55. The third kappa shape index (κ3) is 4.18. The number of carbonyl (C=O) groups is 3. The first-order valence-electron chi connectivity index (χ1n) is 5.89. The number of carbonyl (C=O) groups excluding carboxylic acids is 2. The molecule has 2 amide bonds. The second kappa shape index (κ2) is 6.12. The quantitative estimate of drug-likeness (QED) is 0.582. The Labute approximate surface area is 117 Å². The van der Waals surface area contributed by atoms with Crippen molar-refractivity contribution < 1.29 is 32.7 Å². The zero-order chi connectivity index (χ0) is 16.4. The predicted octanol–water partition coefficient (Wildman–Crippen LogP) is -0.637. The van der Waals surface area contributed by atoms with Gasteiger partial charge in [0.1, 0.15) is 6.04 Å². The van der Waals surface area contributed by atoms with Crippen LogP contribution in [0.1, 0.15) is 12.8 Å². The van der Waals surface area contributed by atoms with Crippen LogP contribution in [0, 0.1) is 0 Å². The van der Waals surface area contributed by atoms with Crippen molar-refractivity contribution in [3.63, 3.8) is 0 Å². The highest BCUT2D eigenvalue weighted by Crippen LogP contribution is 2.32. The molecule has 1 unspecified atom stereocenters. The molecule has 0 fully saturated rings. The minimum Gasteiger partial charge on any atom is -0.479 e. The lowest BCUT2D eigenvalue weighted by Gasteiger charge is -2.25. The van der Waals surface area contributed by atoms with Gasteiger partial charge in [-0.1, -0.05) is 0 Å². The van der Waals surface area contributed by atoms with Crippen molar-refractivity contribution in [1.29, 1.82) is 0 Å². The first-order chi connectivity index (χ1) is 9.54. The average Bonchev–Trinajstić information content (AvgIpc) is 2.79. The second-order valence-electron chi connectivity index (χ2n) is 4.55. The van der Waals surface area contributed by atoms with Crippen LogP contribution in [0.3, 0.4) is 0 Å². The lowest BCUT2D eigenvalue weighted by molar-refractivity contribution is -0.148. The molecule has 2 atom stereocenters. The van der Waals surface area contributed by atoms with E-state index >= 15 is 0 Å². The Balaban J connectivity index is 2.85. The Hall–Kier alpha value is -2.10. The van der Waals surface area contributed by atoms with Crippen LogP contribution in [-0.2, 0) is 14.4 Å². The number of primary amides is 1. The van der Waals surface area contributed by atoms with E-state index in [2.05, 4.69) is 0 Å². The van der Waals surface area contributed by atoms with E-state index in [9.17, 15) is 27.6 Å². The van der Waals surface area contributed by atoms with Gasteiger partial charge >= 0.3 is 12.1 Å². The van der Waals surface area contributed by atoms with Crippen LogP contribution in [0.4, 0.5) is 13.2 Å². The normalized spacial score (nSPS) is 20.1. The van der Waals surface area contributed by atoms with Crippen LogP contribution >= 0.6 is 0 Å². The number of rotatable bonds is 5. The van der Waals surface area contributed by atoms with Gasteiger partial charge in [-0.3, -0.25) is 9.59 Å². The molecule has 0 saturated heterocycles. The summed E-state index contributed by atoms with van der Waals surface area (Å²) >= 11 is 0.